The van der Waals surface area contributed by atoms with Gasteiger partial charge in [0.15, 0.2) is 6.61 Å². The van der Waals surface area contributed by atoms with Gasteiger partial charge in [-0.3, -0.25) is 19.3 Å². The molecule has 3 aromatic carbocycles. The number of imide groups is 1. The molecule has 1 N–H and O–H groups in total. The molecule has 0 aromatic heterocycles. The molecule has 178 valence electrons. The first kappa shape index (κ1) is 25.2. The number of ether oxygens (including phenoxy) is 1. The van der Waals surface area contributed by atoms with E-state index in [1.54, 1.807) is 30.3 Å². The first-order valence-corrected chi connectivity index (χ1v) is 13.0. The quantitative estimate of drug-likeness (QED) is 0.297. The van der Waals surface area contributed by atoms with Crippen LogP contribution in [0.4, 0.5) is 10.5 Å². The minimum Gasteiger partial charge on any atom is -0.483 e. The Bertz CT molecular complexity index is 1330. The van der Waals surface area contributed by atoms with Crippen LogP contribution in [-0.4, -0.2) is 28.6 Å². The second kappa shape index (κ2) is 11.2. The lowest BCUT2D eigenvalue weighted by molar-refractivity contribution is -0.123. The summed E-state index contributed by atoms with van der Waals surface area (Å²) >= 11 is 7.69. The Morgan fingerprint density at radius 1 is 1.03 bits per heavy atom. The molecule has 0 unspecified atom stereocenters. The molecule has 0 spiro atoms. The zero-order valence-corrected chi connectivity index (χ0v) is 22.6. The number of hydrogen-bond donors (Lipinski definition) is 1. The third-order valence-electron chi connectivity index (χ3n) is 5.05. The highest BCUT2D eigenvalue weighted by Gasteiger charge is 2.35. The van der Waals surface area contributed by atoms with Gasteiger partial charge >= 0.3 is 0 Å². The lowest BCUT2D eigenvalue weighted by atomic mass is 10.1. The van der Waals surface area contributed by atoms with Crippen molar-refractivity contribution in [2.45, 2.75) is 13.5 Å². The minimum absolute atomic E-state index is 0.191. The van der Waals surface area contributed by atoms with E-state index >= 15 is 0 Å². The van der Waals surface area contributed by atoms with Crippen molar-refractivity contribution in [1.29, 1.82) is 0 Å². The molecule has 9 heteroatoms. The van der Waals surface area contributed by atoms with Crippen LogP contribution in [0, 0.1) is 6.92 Å². The molecule has 0 aliphatic carbocycles. The van der Waals surface area contributed by atoms with Crippen molar-refractivity contribution in [3.63, 3.8) is 0 Å². The summed E-state index contributed by atoms with van der Waals surface area (Å²) in [4.78, 5) is 39.4. The normalized spacial score (nSPS) is 14.5. The summed E-state index contributed by atoms with van der Waals surface area (Å²) in [7, 11) is 0. The first-order valence-electron chi connectivity index (χ1n) is 10.6. The Balaban J connectivity index is 1.47. The van der Waals surface area contributed by atoms with Gasteiger partial charge in [0, 0.05) is 20.2 Å². The molecule has 0 atom stereocenters. The van der Waals surface area contributed by atoms with E-state index in [-0.39, 0.29) is 30.2 Å². The molecular formula is C26H20Br2N2O4S. The van der Waals surface area contributed by atoms with Crippen molar-refractivity contribution in [1.82, 2.24) is 4.90 Å². The average molecular weight is 616 g/mol. The number of anilines is 1. The van der Waals surface area contributed by atoms with Crippen molar-refractivity contribution >= 4 is 72.4 Å². The summed E-state index contributed by atoms with van der Waals surface area (Å²) in [6, 6.07) is 20.2. The number of nitrogens with one attached hydrogen (secondary N) is 1. The first-order chi connectivity index (χ1) is 16.8. The van der Waals surface area contributed by atoms with Gasteiger partial charge in [0.25, 0.3) is 17.1 Å². The van der Waals surface area contributed by atoms with Crippen LogP contribution in [0.15, 0.2) is 80.6 Å². The second-order valence-corrected chi connectivity index (χ2v) is 10.6. The number of carbonyl (C=O) groups excluding carboxylic acids is 3. The monoisotopic (exact) mass is 614 g/mol. The number of aryl methyl sites for hydroxylation is 1. The maximum atomic E-state index is 13.0. The smallest absolute Gasteiger partial charge is 0.293 e. The van der Waals surface area contributed by atoms with E-state index < -0.39 is 0 Å². The molecule has 6 nitrogen and oxygen atoms in total. The number of nitrogens with zero attached hydrogens (tertiary/aromatic N) is 1. The van der Waals surface area contributed by atoms with Gasteiger partial charge in [-0.2, -0.15) is 0 Å². The number of benzene rings is 3. The number of halogens is 2. The van der Waals surface area contributed by atoms with Gasteiger partial charge in [-0.05, 0) is 78.4 Å². The van der Waals surface area contributed by atoms with E-state index in [1.807, 2.05) is 49.4 Å². The molecule has 0 radical (unpaired) electrons. The summed E-state index contributed by atoms with van der Waals surface area (Å²) in [6.07, 6.45) is 1.62. The highest BCUT2D eigenvalue weighted by atomic mass is 79.9. The maximum Gasteiger partial charge on any atom is 0.293 e. The van der Waals surface area contributed by atoms with Gasteiger partial charge < -0.3 is 10.1 Å². The fourth-order valence-electron chi connectivity index (χ4n) is 3.38. The fraction of sp³-hybridized carbons (Fsp3) is 0.115. The van der Waals surface area contributed by atoms with E-state index in [0.29, 0.717) is 21.9 Å². The third-order valence-corrected chi connectivity index (χ3v) is 6.98. The Morgan fingerprint density at radius 3 is 2.51 bits per heavy atom. The van der Waals surface area contributed by atoms with Gasteiger partial charge in [-0.1, -0.05) is 56.1 Å². The van der Waals surface area contributed by atoms with Crippen LogP contribution in [0.25, 0.3) is 6.08 Å². The van der Waals surface area contributed by atoms with Gasteiger partial charge in [0.05, 0.1) is 11.4 Å². The van der Waals surface area contributed by atoms with Crippen molar-refractivity contribution in [3.05, 3.63) is 97.3 Å². The van der Waals surface area contributed by atoms with Crippen molar-refractivity contribution in [2.24, 2.45) is 0 Å². The Morgan fingerprint density at radius 2 is 1.77 bits per heavy atom. The molecule has 3 amide bonds. The van der Waals surface area contributed by atoms with Gasteiger partial charge in [-0.15, -0.1) is 0 Å². The molecule has 1 aliphatic heterocycles. The fourth-order valence-corrected chi connectivity index (χ4v) is 4.85. The minimum atomic E-state index is -0.369. The topological polar surface area (TPSA) is 75.7 Å². The lowest BCUT2D eigenvalue weighted by Gasteiger charge is -2.13. The molecule has 35 heavy (non-hydrogen) atoms. The summed E-state index contributed by atoms with van der Waals surface area (Å²) in [5, 5.41) is 2.47. The summed E-state index contributed by atoms with van der Waals surface area (Å²) in [5.41, 5.74) is 3.15. The Kier molecular flexibility index (Phi) is 8.10. The van der Waals surface area contributed by atoms with Gasteiger partial charge in [0.2, 0.25) is 0 Å². The molecule has 1 aliphatic rings. The standard InChI is InChI=1S/C26H20Br2N2O4S/c1-16-3-2-4-21(11-16)29-24(31)15-34-22-10-9-20(28)12-18(22)13-23-25(32)30(26(33)35-23)14-17-5-7-19(27)8-6-17/h2-13H,14-15H2,1H3,(H,29,31)/b23-13-. The zero-order valence-electron chi connectivity index (χ0n) is 18.6. The van der Waals surface area contributed by atoms with E-state index in [4.69, 9.17) is 4.74 Å². The van der Waals surface area contributed by atoms with E-state index in [1.165, 1.54) is 4.90 Å². The maximum absolute atomic E-state index is 13.0. The van der Waals surface area contributed by atoms with Crippen LogP contribution >= 0.6 is 43.6 Å². The third kappa shape index (κ3) is 6.62. The second-order valence-electron chi connectivity index (χ2n) is 7.78. The summed E-state index contributed by atoms with van der Waals surface area (Å²) in [6.45, 7) is 1.93. The SMILES string of the molecule is Cc1cccc(NC(=O)COc2ccc(Br)cc2/C=C2\SC(=O)N(Cc3ccc(Br)cc3)C2=O)c1. The van der Waals surface area contributed by atoms with Gasteiger partial charge in [0.1, 0.15) is 5.75 Å². The molecule has 0 bridgehead atoms. The van der Waals surface area contributed by atoms with Crippen LogP contribution in [0.3, 0.4) is 0 Å². The molecule has 4 rings (SSSR count). The van der Waals surface area contributed by atoms with Crippen LogP contribution < -0.4 is 10.1 Å². The number of thioether (sulfide) groups is 1. The van der Waals surface area contributed by atoms with E-state index in [2.05, 4.69) is 37.2 Å². The Labute approximate surface area is 224 Å². The lowest BCUT2D eigenvalue weighted by Crippen LogP contribution is -2.27. The predicted molar refractivity (Wildman–Crippen MR) is 145 cm³/mol. The van der Waals surface area contributed by atoms with Crippen molar-refractivity contribution < 1.29 is 19.1 Å². The molecule has 0 saturated carbocycles. The van der Waals surface area contributed by atoms with Crippen LogP contribution in [-0.2, 0) is 16.1 Å². The molecule has 1 saturated heterocycles. The van der Waals surface area contributed by atoms with E-state index in [0.717, 1.165) is 31.8 Å². The van der Waals surface area contributed by atoms with Crippen molar-refractivity contribution in [3.8, 4) is 5.75 Å². The van der Waals surface area contributed by atoms with Crippen LogP contribution in [0.1, 0.15) is 16.7 Å². The average Bonchev–Trinajstić information content (AvgIpc) is 3.07. The Hall–Kier alpha value is -2.88. The predicted octanol–water partition coefficient (Wildman–Crippen LogP) is 6.77. The molecular weight excluding hydrogens is 596 g/mol. The summed E-state index contributed by atoms with van der Waals surface area (Å²) < 4.78 is 7.46. The number of hydrogen-bond acceptors (Lipinski definition) is 5. The number of rotatable bonds is 7. The van der Waals surface area contributed by atoms with E-state index in [9.17, 15) is 14.4 Å². The van der Waals surface area contributed by atoms with Crippen LogP contribution in [0.2, 0.25) is 0 Å². The number of amides is 3. The highest BCUT2D eigenvalue weighted by Crippen LogP contribution is 2.35. The molecule has 3 aromatic rings. The number of carbonyl (C=O) groups is 3. The zero-order chi connectivity index (χ0) is 24.9. The highest BCUT2D eigenvalue weighted by molar-refractivity contribution is 9.10. The molecule has 1 fully saturated rings. The molecule has 1 heterocycles. The summed E-state index contributed by atoms with van der Waals surface area (Å²) in [5.74, 6) is -0.252. The largest absolute Gasteiger partial charge is 0.483 e. The van der Waals surface area contributed by atoms with Gasteiger partial charge in [-0.25, -0.2) is 0 Å². The van der Waals surface area contributed by atoms with Crippen molar-refractivity contribution in [2.75, 3.05) is 11.9 Å². The van der Waals surface area contributed by atoms with Crippen LogP contribution in [0.5, 0.6) is 5.75 Å².